The minimum absolute atomic E-state index is 0.308. The van der Waals surface area contributed by atoms with Crippen molar-refractivity contribution in [3.8, 4) is 11.5 Å². The van der Waals surface area contributed by atoms with Crippen LogP contribution in [0.1, 0.15) is 38.3 Å². The topological polar surface area (TPSA) is 27.7 Å². The molecule has 0 aliphatic rings. The lowest BCUT2D eigenvalue weighted by atomic mass is 9.98. The average Bonchev–Trinajstić information content (AvgIpc) is 2.62. The first kappa shape index (κ1) is 19.6. The number of rotatable bonds is 9. The molecule has 0 bridgehead atoms. The molecule has 0 saturated carbocycles. The fourth-order valence-electron chi connectivity index (χ4n) is 2.45. The predicted octanol–water partition coefficient (Wildman–Crippen LogP) is 5.54. The van der Waals surface area contributed by atoms with E-state index < -0.39 is 0 Å². The largest absolute Gasteiger partial charge is 0.497 e. The van der Waals surface area contributed by atoms with E-state index in [1.807, 2.05) is 62.4 Å². The van der Waals surface area contributed by atoms with E-state index in [9.17, 15) is 0 Å². The first-order chi connectivity index (χ1) is 11.9. The third-order valence-corrected chi connectivity index (χ3v) is 4.81. The molecule has 2 atom stereocenters. The number of alkyl halides is 1. The summed E-state index contributed by atoms with van der Waals surface area (Å²) in [5.41, 5.74) is 2.30. The summed E-state index contributed by atoms with van der Waals surface area (Å²) in [6.45, 7) is 6.60. The first-order valence-electron chi connectivity index (χ1n) is 8.65. The summed E-state index contributed by atoms with van der Waals surface area (Å²) in [7, 11) is 1.67. The van der Waals surface area contributed by atoms with Crippen molar-refractivity contribution in [1.29, 1.82) is 0 Å². The highest BCUT2D eigenvalue weighted by molar-refractivity contribution is 6.23. The van der Waals surface area contributed by atoms with Crippen LogP contribution in [0.25, 0.3) is 0 Å². The van der Waals surface area contributed by atoms with Crippen molar-refractivity contribution in [2.75, 3.05) is 13.7 Å². The van der Waals surface area contributed by atoms with E-state index in [-0.39, 0.29) is 11.2 Å². The van der Waals surface area contributed by atoms with E-state index in [0.717, 1.165) is 29.9 Å². The average molecular weight is 363 g/mol. The predicted molar refractivity (Wildman–Crippen MR) is 103 cm³/mol. The molecular formula is C21H27ClO3. The van der Waals surface area contributed by atoms with Gasteiger partial charge in [0.1, 0.15) is 11.5 Å². The molecule has 0 aliphatic heterocycles. The van der Waals surface area contributed by atoms with Crippen LogP contribution in [-0.4, -0.2) is 20.0 Å². The summed E-state index contributed by atoms with van der Waals surface area (Å²) < 4.78 is 16.7. The maximum atomic E-state index is 6.48. The Bertz CT molecular complexity index is 635. The number of methoxy groups -OCH3 is 1. The zero-order valence-electron chi connectivity index (χ0n) is 15.4. The van der Waals surface area contributed by atoms with Gasteiger partial charge in [-0.3, -0.25) is 0 Å². The van der Waals surface area contributed by atoms with Gasteiger partial charge in [-0.1, -0.05) is 31.2 Å². The van der Waals surface area contributed by atoms with Crippen molar-refractivity contribution < 1.29 is 14.2 Å². The van der Waals surface area contributed by atoms with Gasteiger partial charge in [-0.2, -0.15) is 0 Å². The number of hydrogen-bond acceptors (Lipinski definition) is 3. The van der Waals surface area contributed by atoms with Crippen LogP contribution in [0.4, 0.5) is 0 Å². The van der Waals surface area contributed by atoms with Gasteiger partial charge < -0.3 is 14.2 Å². The smallest absolute Gasteiger partial charge is 0.196 e. The Morgan fingerprint density at radius 3 is 2.16 bits per heavy atom. The molecular weight excluding hydrogens is 336 g/mol. The molecule has 3 nitrogen and oxygen atoms in total. The summed E-state index contributed by atoms with van der Waals surface area (Å²) in [4.78, 5) is -0.334. The number of halogens is 1. The van der Waals surface area contributed by atoms with Gasteiger partial charge in [0, 0.05) is 0 Å². The molecule has 0 N–H and O–H groups in total. The molecule has 136 valence electrons. The summed E-state index contributed by atoms with van der Waals surface area (Å²) >= 11 is 6.48. The lowest BCUT2D eigenvalue weighted by Gasteiger charge is -2.21. The van der Waals surface area contributed by atoms with Crippen molar-refractivity contribution >= 4 is 11.6 Å². The van der Waals surface area contributed by atoms with Crippen LogP contribution >= 0.6 is 11.6 Å². The molecule has 25 heavy (non-hydrogen) atoms. The second-order valence-electron chi connectivity index (χ2n) is 6.23. The first-order valence-corrected chi connectivity index (χ1v) is 9.03. The molecule has 2 aromatic carbocycles. The third-order valence-electron chi connectivity index (χ3n) is 4.32. The number of benzene rings is 2. The van der Waals surface area contributed by atoms with Gasteiger partial charge >= 0.3 is 0 Å². The Hall–Kier alpha value is -1.71. The van der Waals surface area contributed by atoms with Crippen molar-refractivity contribution in [3.63, 3.8) is 0 Å². The Labute approximate surface area is 155 Å². The maximum absolute atomic E-state index is 6.48. The molecule has 0 amide bonds. The fourth-order valence-corrected chi connectivity index (χ4v) is 2.57. The van der Waals surface area contributed by atoms with Crippen LogP contribution in [0.2, 0.25) is 0 Å². The standard InChI is InChI=1S/C21H27ClO3/c1-5-21(3,22)18-8-12-20(13-9-18)25-16(2)24-15-14-17-6-10-19(23-4)11-7-17/h6-13,16H,5,14-15H2,1-4H3. The van der Waals surface area contributed by atoms with Gasteiger partial charge in [0.05, 0.1) is 18.6 Å². The molecule has 2 aromatic rings. The number of hydrogen-bond donors (Lipinski definition) is 0. The highest BCUT2D eigenvalue weighted by Crippen LogP contribution is 2.32. The Morgan fingerprint density at radius 1 is 1.00 bits per heavy atom. The van der Waals surface area contributed by atoms with Crippen molar-refractivity contribution in [3.05, 3.63) is 59.7 Å². The summed E-state index contributed by atoms with van der Waals surface area (Å²) in [5, 5.41) is 0. The highest BCUT2D eigenvalue weighted by atomic mass is 35.5. The second kappa shape index (κ2) is 9.12. The van der Waals surface area contributed by atoms with Crippen molar-refractivity contribution in [2.45, 2.75) is 44.8 Å². The van der Waals surface area contributed by atoms with Crippen LogP contribution in [0.15, 0.2) is 48.5 Å². The normalized spacial score (nSPS) is 14.6. The monoisotopic (exact) mass is 362 g/mol. The molecule has 2 rings (SSSR count). The van der Waals surface area contributed by atoms with Crippen LogP contribution in [0.5, 0.6) is 11.5 Å². The SMILES string of the molecule is CCC(C)(Cl)c1ccc(OC(C)OCCc2ccc(OC)cc2)cc1. The number of ether oxygens (including phenoxy) is 3. The highest BCUT2D eigenvalue weighted by Gasteiger charge is 2.20. The van der Waals surface area contributed by atoms with Gasteiger partial charge in [-0.05, 0) is 62.1 Å². The van der Waals surface area contributed by atoms with Gasteiger partial charge in [0.25, 0.3) is 0 Å². The zero-order valence-corrected chi connectivity index (χ0v) is 16.2. The van der Waals surface area contributed by atoms with Gasteiger partial charge in [0.15, 0.2) is 6.29 Å². The Kier molecular flexibility index (Phi) is 7.15. The molecule has 2 unspecified atom stereocenters. The quantitative estimate of drug-likeness (QED) is 0.432. The van der Waals surface area contributed by atoms with Crippen LogP contribution in [0, 0.1) is 0 Å². The third kappa shape index (κ3) is 5.94. The molecule has 4 heteroatoms. The lowest BCUT2D eigenvalue weighted by Crippen LogP contribution is -2.18. The van der Waals surface area contributed by atoms with Gasteiger partial charge in [-0.15, -0.1) is 11.6 Å². The van der Waals surface area contributed by atoms with E-state index in [1.54, 1.807) is 7.11 Å². The van der Waals surface area contributed by atoms with Crippen LogP contribution < -0.4 is 9.47 Å². The van der Waals surface area contributed by atoms with Crippen molar-refractivity contribution in [2.24, 2.45) is 0 Å². The molecule has 0 spiro atoms. The molecule has 0 radical (unpaired) electrons. The summed E-state index contributed by atoms with van der Waals surface area (Å²) in [6.07, 6.45) is 1.40. The van der Waals surface area contributed by atoms with Crippen molar-refractivity contribution in [1.82, 2.24) is 0 Å². The zero-order chi connectivity index (χ0) is 18.3. The van der Waals surface area contributed by atoms with E-state index >= 15 is 0 Å². The van der Waals surface area contributed by atoms with E-state index in [0.29, 0.717) is 6.61 Å². The van der Waals surface area contributed by atoms with E-state index in [4.69, 9.17) is 25.8 Å². The molecule has 0 fully saturated rings. The maximum Gasteiger partial charge on any atom is 0.196 e. The minimum Gasteiger partial charge on any atom is -0.497 e. The Morgan fingerprint density at radius 2 is 1.60 bits per heavy atom. The lowest BCUT2D eigenvalue weighted by molar-refractivity contribution is -0.0654. The molecule has 0 saturated heterocycles. The van der Waals surface area contributed by atoms with Gasteiger partial charge in [-0.25, -0.2) is 0 Å². The van der Waals surface area contributed by atoms with Crippen LogP contribution in [-0.2, 0) is 16.0 Å². The minimum atomic E-state index is -0.334. The molecule has 0 aliphatic carbocycles. The second-order valence-corrected chi connectivity index (χ2v) is 7.06. The summed E-state index contributed by atoms with van der Waals surface area (Å²) in [6, 6.07) is 15.9. The molecule has 0 aromatic heterocycles. The summed E-state index contributed by atoms with van der Waals surface area (Å²) in [5.74, 6) is 1.64. The van der Waals surface area contributed by atoms with E-state index in [1.165, 1.54) is 5.56 Å². The van der Waals surface area contributed by atoms with Gasteiger partial charge in [0.2, 0.25) is 0 Å². The molecule has 0 heterocycles. The fraction of sp³-hybridized carbons (Fsp3) is 0.429. The van der Waals surface area contributed by atoms with E-state index in [2.05, 4.69) is 6.92 Å². The Balaban J connectivity index is 1.78. The van der Waals surface area contributed by atoms with Crippen LogP contribution in [0.3, 0.4) is 0 Å².